The van der Waals surface area contributed by atoms with Gasteiger partial charge in [-0.1, -0.05) is 82.9 Å². The minimum atomic E-state index is 0.0448. The Morgan fingerprint density at radius 1 is 0.818 bits per heavy atom. The van der Waals surface area contributed by atoms with Crippen LogP contribution in [0, 0.1) is 0 Å². The summed E-state index contributed by atoms with van der Waals surface area (Å²) in [5.74, 6) is 0.451. The van der Waals surface area contributed by atoms with E-state index < -0.39 is 0 Å². The number of hydrogen-bond donors (Lipinski definition) is 0. The van der Waals surface area contributed by atoms with E-state index in [0.29, 0.717) is 5.75 Å². The molecule has 0 bridgehead atoms. The van der Waals surface area contributed by atoms with Crippen LogP contribution in [0.15, 0.2) is 29.1 Å². The maximum atomic E-state index is 12.2. The van der Waals surface area contributed by atoms with Crippen molar-refractivity contribution in [2.24, 2.45) is 0 Å². The fourth-order valence-corrected chi connectivity index (χ4v) is 2.78. The van der Waals surface area contributed by atoms with E-state index in [1.165, 1.54) is 57.8 Å². The third-order valence-corrected chi connectivity index (χ3v) is 4.19. The van der Waals surface area contributed by atoms with E-state index in [4.69, 9.17) is 4.74 Å². The van der Waals surface area contributed by atoms with Gasteiger partial charge in [-0.25, -0.2) is 0 Å². The highest BCUT2D eigenvalue weighted by atomic mass is 16.5. The molecule has 0 radical (unpaired) electrons. The van der Waals surface area contributed by atoms with E-state index >= 15 is 0 Å². The Morgan fingerprint density at radius 3 is 1.95 bits per heavy atom. The highest BCUT2D eigenvalue weighted by molar-refractivity contribution is 5.27. The van der Waals surface area contributed by atoms with Crippen molar-refractivity contribution in [3.63, 3.8) is 0 Å². The summed E-state index contributed by atoms with van der Waals surface area (Å²) in [6.07, 6.45) is 14.1. The van der Waals surface area contributed by atoms with Crippen LogP contribution in [-0.4, -0.2) is 7.11 Å². The molecule has 0 saturated carbocycles. The lowest BCUT2D eigenvalue weighted by Gasteiger charge is -2.02. The van der Waals surface area contributed by atoms with Gasteiger partial charge >= 0.3 is 0 Å². The monoisotopic (exact) mass is 304 g/mol. The first kappa shape index (κ1) is 18.7. The van der Waals surface area contributed by atoms with E-state index in [1.54, 1.807) is 13.2 Å². The van der Waals surface area contributed by atoms with E-state index in [1.807, 2.05) is 18.2 Å². The Labute approximate surface area is 135 Å². The maximum Gasteiger partial charge on any atom is 0.223 e. The first-order chi connectivity index (χ1) is 10.8. The molecule has 0 saturated heterocycles. The predicted molar refractivity (Wildman–Crippen MR) is 94.8 cm³/mol. The van der Waals surface area contributed by atoms with Crippen molar-refractivity contribution < 1.29 is 4.74 Å². The SMILES string of the molecule is CCCCCCCCCCCCc1ccccc(OC)c1=O. The largest absolute Gasteiger partial charge is 0.493 e. The van der Waals surface area contributed by atoms with Crippen LogP contribution in [0.5, 0.6) is 5.75 Å². The molecular formula is C20H32O2. The molecule has 0 aliphatic heterocycles. The Morgan fingerprint density at radius 2 is 1.36 bits per heavy atom. The third kappa shape index (κ3) is 7.63. The van der Waals surface area contributed by atoms with E-state index in [9.17, 15) is 4.79 Å². The molecule has 0 unspecified atom stereocenters. The highest BCUT2D eigenvalue weighted by Gasteiger charge is 2.03. The van der Waals surface area contributed by atoms with Gasteiger partial charge in [0.05, 0.1) is 7.11 Å². The van der Waals surface area contributed by atoms with Gasteiger partial charge in [0.15, 0.2) is 5.75 Å². The van der Waals surface area contributed by atoms with Gasteiger partial charge in [-0.3, -0.25) is 4.79 Å². The molecule has 0 aliphatic carbocycles. The number of ether oxygens (including phenoxy) is 1. The first-order valence-corrected chi connectivity index (χ1v) is 8.95. The molecule has 2 nitrogen and oxygen atoms in total. The molecule has 124 valence electrons. The van der Waals surface area contributed by atoms with Crippen molar-refractivity contribution in [2.75, 3.05) is 7.11 Å². The molecule has 1 aromatic rings. The van der Waals surface area contributed by atoms with Gasteiger partial charge in [-0.15, -0.1) is 0 Å². The standard InChI is InChI=1S/C20H32O2/c1-3-4-5-6-7-8-9-10-11-12-15-18-16-13-14-17-19(22-2)20(18)21/h13-14,16-17H,3-12,15H2,1-2H3. The molecule has 2 heteroatoms. The quantitative estimate of drug-likeness (QED) is 0.475. The van der Waals surface area contributed by atoms with Crippen molar-refractivity contribution in [1.29, 1.82) is 0 Å². The average Bonchev–Trinajstić information content (AvgIpc) is 2.71. The second-order valence-electron chi connectivity index (χ2n) is 6.07. The minimum absolute atomic E-state index is 0.0448. The fourth-order valence-electron chi connectivity index (χ4n) is 2.78. The van der Waals surface area contributed by atoms with Crippen LogP contribution in [-0.2, 0) is 6.42 Å². The van der Waals surface area contributed by atoms with Crippen LogP contribution in [0.3, 0.4) is 0 Å². The second-order valence-corrected chi connectivity index (χ2v) is 6.07. The number of aryl methyl sites for hydroxylation is 1. The summed E-state index contributed by atoms with van der Waals surface area (Å²) >= 11 is 0. The molecule has 0 aliphatic rings. The molecule has 0 aromatic heterocycles. The Bertz CT molecular complexity index is 454. The minimum Gasteiger partial charge on any atom is -0.493 e. The molecule has 0 heterocycles. The zero-order chi connectivity index (χ0) is 16.0. The van der Waals surface area contributed by atoms with Gasteiger partial charge in [0.2, 0.25) is 5.43 Å². The lowest BCUT2D eigenvalue weighted by atomic mass is 10.0. The first-order valence-electron chi connectivity index (χ1n) is 8.95. The van der Waals surface area contributed by atoms with Crippen molar-refractivity contribution in [2.45, 2.75) is 77.6 Å². The van der Waals surface area contributed by atoms with Crippen molar-refractivity contribution in [1.82, 2.24) is 0 Å². The Balaban J connectivity index is 2.15. The zero-order valence-electron chi connectivity index (χ0n) is 14.4. The lowest BCUT2D eigenvalue weighted by molar-refractivity contribution is 0.410. The summed E-state index contributed by atoms with van der Waals surface area (Å²) < 4.78 is 5.13. The van der Waals surface area contributed by atoms with Gasteiger partial charge in [0.1, 0.15) is 0 Å². The molecule has 0 atom stereocenters. The normalized spacial score (nSPS) is 10.6. The molecular weight excluding hydrogens is 272 g/mol. The predicted octanol–water partition coefficient (Wildman–Crippen LogP) is 5.52. The number of hydrogen-bond acceptors (Lipinski definition) is 2. The van der Waals surface area contributed by atoms with E-state index in [0.717, 1.165) is 18.4 Å². The molecule has 1 aromatic carbocycles. The third-order valence-electron chi connectivity index (χ3n) is 4.19. The summed E-state index contributed by atoms with van der Waals surface area (Å²) in [7, 11) is 1.56. The molecule has 0 fully saturated rings. The van der Waals surface area contributed by atoms with Gasteiger partial charge in [0.25, 0.3) is 0 Å². The van der Waals surface area contributed by atoms with Crippen LogP contribution in [0.4, 0.5) is 0 Å². The zero-order valence-corrected chi connectivity index (χ0v) is 14.4. The van der Waals surface area contributed by atoms with Crippen LogP contribution < -0.4 is 10.2 Å². The summed E-state index contributed by atoms with van der Waals surface area (Å²) in [5, 5.41) is 0. The van der Waals surface area contributed by atoms with Crippen LogP contribution in [0.25, 0.3) is 0 Å². The topological polar surface area (TPSA) is 26.3 Å². The van der Waals surface area contributed by atoms with E-state index in [2.05, 4.69) is 6.92 Å². The highest BCUT2D eigenvalue weighted by Crippen LogP contribution is 2.12. The molecule has 0 spiro atoms. The summed E-state index contributed by atoms with van der Waals surface area (Å²) in [6.45, 7) is 2.26. The van der Waals surface area contributed by atoms with Crippen molar-refractivity contribution in [3.8, 4) is 5.75 Å². The summed E-state index contributed by atoms with van der Waals surface area (Å²) in [6, 6.07) is 7.46. The van der Waals surface area contributed by atoms with Crippen LogP contribution in [0.1, 0.15) is 76.7 Å². The van der Waals surface area contributed by atoms with Crippen molar-refractivity contribution >= 4 is 0 Å². The van der Waals surface area contributed by atoms with Crippen molar-refractivity contribution in [3.05, 3.63) is 40.1 Å². The number of rotatable bonds is 12. The maximum absolute atomic E-state index is 12.2. The summed E-state index contributed by atoms with van der Waals surface area (Å²) in [4.78, 5) is 12.2. The van der Waals surface area contributed by atoms with Gasteiger partial charge < -0.3 is 4.74 Å². The van der Waals surface area contributed by atoms with Crippen LogP contribution in [0.2, 0.25) is 0 Å². The number of unbranched alkanes of at least 4 members (excludes halogenated alkanes) is 9. The van der Waals surface area contributed by atoms with Crippen LogP contribution >= 0.6 is 0 Å². The fraction of sp³-hybridized carbons (Fsp3) is 0.650. The number of methoxy groups -OCH3 is 1. The van der Waals surface area contributed by atoms with E-state index in [-0.39, 0.29) is 5.43 Å². The Hall–Kier alpha value is -1.31. The molecule has 0 N–H and O–H groups in total. The van der Waals surface area contributed by atoms with Gasteiger partial charge in [0, 0.05) is 5.56 Å². The lowest BCUT2D eigenvalue weighted by Crippen LogP contribution is -2.08. The summed E-state index contributed by atoms with van der Waals surface area (Å²) in [5.41, 5.74) is 0.921. The molecule has 22 heavy (non-hydrogen) atoms. The average molecular weight is 304 g/mol. The smallest absolute Gasteiger partial charge is 0.223 e. The molecule has 1 rings (SSSR count). The van der Waals surface area contributed by atoms with Gasteiger partial charge in [-0.05, 0) is 18.9 Å². The second kappa shape index (κ2) is 12.3. The van der Waals surface area contributed by atoms with Gasteiger partial charge in [-0.2, -0.15) is 0 Å². The Kier molecular flexibility index (Phi) is 10.4. The molecule has 0 amide bonds.